The van der Waals surface area contributed by atoms with E-state index in [2.05, 4.69) is 21.0 Å². The van der Waals surface area contributed by atoms with Crippen molar-refractivity contribution in [1.29, 1.82) is 0 Å². The van der Waals surface area contributed by atoms with Crippen LogP contribution in [0.1, 0.15) is 26.6 Å². The number of ketones is 1. The highest BCUT2D eigenvalue weighted by Gasteiger charge is 2.14. The van der Waals surface area contributed by atoms with E-state index in [-0.39, 0.29) is 5.78 Å². The minimum absolute atomic E-state index is 0.00243. The quantitative estimate of drug-likeness (QED) is 0.636. The molecule has 0 bridgehead atoms. The number of nitrogens with zero attached hydrogens (tertiary/aromatic N) is 2. The van der Waals surface area contributed by atoms with Gasteiger partial charge in [0.05, 0.1) is 11.3 Å². The summed E-state index contributed by atoms with van der Waals surface area (Å²) in [5.74, 6) is 0.00243. The maximum atomic E-state index is 12.1. The number of carbonyl (C=O) groups excluding carboxylic acids is 1. The first kappa shape index (κ1) is 13.2. The number of allylic oxidation sites excluding steroid dienone is 1. The molecule has 3 nitrogen and oxygen atoms in total. The first-order valence-electron chi connectivity index (χ1n) is 5.45. The Morgan fingerprint density at radius 2 is 2.22 bits per heavy atom. The first-order valence-corrected chi connectivity index (χ1v) is 7.13. The van der Waals surface area contributed by atoms with E-state index in [0.29, 0.717) is 5.56 Å². The smallest absolute Gasteiger partial charge is 0.189 e. The number of aromatic nitrogens is 2. The fourth-order valence-corrected chi connectivity index (χ4v) is 3.12. The molecule has 2 aromatic rings. The van der Waals surface area contributed by atoms with Gasteiger partial charge < -0.3 is 0 Å². The number of thiophene rings is 1. The Labute approximate surface area is 118 Å². The zero-order valence-corrected chi connectivity index (χ0v) is 12.8. The van der Waals surface area contributed by atoms with E-state index in [1.165, 1.54) is 0 Å². The van der Waals surface area contributed by atoms with Crippen molar-refractivity contribution in [3.63, 3.8) is 0 Å². The molecule has 0 atom stereocenters. The van der Waals surface area contributed by atoms with Crippen molar-refractivity contribution in [2.24, 2.45) is 7.05 Å². The molecule has 0 amide bonds. The van der Waals surface area contributed by atoms with Crippen molar-refractivity contribution in [2.75, 3.05) is 0 Å². The zero-order chi connectivity index (χ0) is 13.3. The third-order valence-electron chi connectivity index (χ3n) is 2.74. The lowest BCUT2D eigenvalue weighted by atomic mass is 10.1. The standard InChI is InChI=1S/C13H13BrN2OS/c1-8-13(9(2)16(3)15-8)12(17)5-4-11-6-10(14)7-18-11/h4-7H,1-3H3. The Bertz CT molecular complexity index is 625. The van der Waals surface area contributed by atoms with Crippen LogP contribution in [0, 0.1) is 13.8 Å². The van der Waals surface area contributed by atoms with Gasteiger partial charge in [0.1, 0.15) is 0 Å². The lowest BCUT2D eigenvalue weighted by molar-refractivity contribution is 0.104. The molecule has 0 aliphatic heterocycles. The lowest BCUT2D eigenvalue weighted by Gasteiger charge is -1.96. The molecule has 0 aliphatic rings. The van der Waals surface area contributed by atoms with Crippen molar-refractivity contribution in [3.05, 3.63) is 43.8 Å². The van der Waals surface area contributed by atoms with Gasteiger partial charge in [-0.25, -0.2) is 0 Å². The minimum atomic E-state index is 0.00243. The highest BCUT2D eigenvalue weighted by molar-refractivity contribution is 9.10. The molecule has 0 unspecified atom stereocenters. The van der Waals surface area contributed by atoms with E-state index in [1.54, 1.807) is 22.1 Å². The summed E-state index contributed by atoms with van der Waals surface area (Å²) in [6.45, 7) is 3.76. The van der Waals surface area contributed by atoms with Gasteiger partial charge in [-0.15, -0.1) is 11.3 Å². The van der Waals surface area contributed by atoms with Gasteiger partial charge in [-0.3, -0.25) is 9.48 Å². The average molecular weight is 325 g/mol. The molecule has 0 saturated carbocycles. The predicted molar refractivity (Wildman–Crippen MR) is 78.1 cm³/mol. The van der Waals surface area contributed by atoms with Crippen LogP contribution in [0.3, 0.4) is 0 Å². The van der Waals surface area contributed by atoms with Crippen LogP contribution in [0.25, 0.3) is 6.08 Å². The van der Waals surface area contributed by atoms with E-state index in [4.69, 9.17) is 0 Å². The molecule has 0 radical (unpaired) electrons. The van der Waals surface area contributed by atoms with Gasteiger partial charge in [0.2, 0.25) is 0 Å². The minimum Gasteiger partial charge on any atom is -0.289 e. The SMILES string of the molecule is Cc1nn(C)c(C)c1C(=O)C=Cc1cc(Br)cs1. The van der Waals surface area contributed by atoms with E-state index in [1.807, 2.05) is 38.4 Å². The van der Waals surface area contributed by atoms with Crippen LogP contribution in [-0.4, -0.2) is 15.6 Å². The summed E-state index contributed by atoms with van der Waals surface area (Å²) in [7, 11) is 1.85. The Kier molecular flexibility index (Phi) is 3.82. The summed E-state index contributed by atoms with van der Waals surface area (Å²) in [4.78, 5) is 13.2. The summed E-state index contributed by atoms with van der Waals surface area (Å²) in [6.07, 6.45) is 3.44. The molecule has 94 valence electrons. The second-order valence-electron chi connectivity index (χ2n) is 4.03. The van der Waals surface area contributed by atoms with Crippen molar-refractivity contribution in [2.45, 2.75) is 13.8 Å². The second kappa shape index (κ2) is 5.20. The molecular weight excluding hydrogens is 312 g/mol. The molecule has 0 N–H and O–H groups in total. The van der Waals surface area contributed by atoms with Crippen molar-refractivity contribution in [3.8, 4) is 0 Å². The summed E-state index contributed by atoms with van der Waals surface area (Å²) in [5.41, 5.74) is 2.37. The van der Waals surface area contributed by atoms with Crippen LogP contribution < -0.4 is 0 Å². The molecule has 0 aliphatic carbocycles. The van der Waals surface area contributed by atoms with Crippen LogP contribution in [0.15, 0.2) is 22.0 Å². The first-order chi connectivity index (χ1) is 8.49. The fourth-order valence-electron chi connectivity index (χ4n) is 1.79. The molecular formula is C13H13BrN2OS. The highest BCUT2D eigenvalue weighted by atomic mass is 79.9. The van der Waals surface area contributed by atoms with Crippen LogP contribution in [0.5, 0.6) is 0 Å². The maximum absolute atomic E-state index is 12.1. The Balaban J connectivity index is 2.25. The summed E-state index contributed by atoms with van der Waals surface area (Å²) < 4.78 is 2.77. The van der Waals surface area contributed by atoms with E-state index < -0.39 is 0 Å². The van der Waals surface area contributed by atoms with E-state index >= 15 is 0 Å². The highest BCUT2D eigenvalue weighted by Crippen LogP contribution is 2.21. The van der Waals surface area contributed by atoms with E-state index in [9.17, 15) is 4.79 Å². The second-order valence-corrected chi connectivity index (χ2v) is 5.89. The Hall–Kier alpha value is -1.20. The molecule has 0 aromatic carbocycles. The van der Waals surface area contributed by atoms with Crippen LogP contribution >= 0.6 is 27.3 Å². The number of hydrogen-bond donors (Lipinski definition) is 0. The largest absolute Gasteiger partial charge is 0.289 e. The predicted octanol–water partition coefficient (Wildman–Crippen LogP) is 3.76. The number of halogens is 1. The normalized spacial score (nSPS) is 11.3. The molecule has 5 heteroatoms. The zero-order valence-electron chi connectivity index (χ0n) is 10.4. The summed E-state index contributed by atoms with van der Waals surface area (Å²) in [5, 5.41) is 6.24. The van der Waals surface area contributed by atoms with Crippen LogP contribution in [-0.2, 0) is 7.05 Å². The van der Waals surface area contributed by atoms with Gasteiger partial charge in [0.15, 0.2) is 5.78 Å². The topological polar surface area (TPSA) is 34.9 Å². The third kappa shape index (κ3) is 2.62. The lowest BCUT2D eigenvalue weighted by Crippen LogP contribution is -1.99. The van der Waals surface area contributed by atoms with Gasteiger partial charge in [0.25, 0.3) is 0 Å². The third-order valence-corrected chi connectivity index (χ3v) is 4.40. The number of hydrogen-bond acceptors (Lipinski definition) is 3. The van der Waals surface area contributed by atoms with Gasteiger partial charge in [-0.1, -0.05) is 0 Å². The van der Waals surface area contributed by atoms with Gasteiger partial charge in [-0.05, 0) is 48.0 Å². The van der Waals surface area contributed by atoms with Crippen molar-refractivity contribution < 1.29 is 4.79 Å². The van der Waals surface area contributed by atoms with Gasteiger partial charge >= 0.3 is 0 Å². The maximum Gasteiger partial charge on any atom is 0.189 e. The Morgan fingerprint density at radius 3 is 2.72 bits per heavy atom. The van der Waals surface area contributed by atoms with Gasteiger partial charge in [-0.2, -0.15) is 5.10 Å². The van der Waals surface area contributed by atoms with Gasteiger partial charge in [0, 0.05) is 27.5 Å². The number of rotatable bonds is 3. The summed E-state index contributed by atoms with van der Waals surface area (Å²) >= 11 is 4.98. The van der Waals surface area contributed by atoms with Crippen LogP contribution in [0.4, 0.5) is 0 Å². The molecule has 0 fully saturated rings. The van der Waals surface area contributed by atoms with Crippen molar-refractivity contribution >= 4 is 39.1 Å². The van der Waals surface area contributed by atoms with Crippen LogP contribution in [0.2, 0.25) is 0 Å². The fraction of sp³-hybridized carbons (Fsp3) is 0.231. The van der Waals surface area contributed by atoms with E-state index in [0.717, 1.165) is 20.7 Å². The summed E-state index contributed by atoms with van der Waals surface area (Å²) in [6, 6.07) is 1.98. The van der Waals surface area contributed by atoms with Crippen molar-refractivity contribution in [1.82, 2.24) is 9.78 Å². The average Bonchev–Trinajstić information content (AvgIpc) is 2.82. The Morgan fingerprint density at radius 1 is 1.50 bits per heavy atom. The molecule has 18 heavy (non-hydrogen) atoms. The number of aryl methyl sites for hydroxylation is 2. The molecule has 0 saturated heterocycles. The molecule has 2 rings (SSSR count). The molecule has 0 spiro atoms. The molecule has 2 aromatic heterocycles. The monoisotopic (exact) mass is 324 g/mol. The molecule has 2 heterocycles. The number of carbonyl (C=O) groups is 1.